The van der Waals surface area contributed by atoms with E-state index in [1.54, 1.807) is 54.6 Å². The molecule has 4 aromatic rings. The molecule has 3 amide bonds. The van der Waals surface area contributed by atoms with Crippen LogP contribution in [0.1, 0.15) is 21.6 Å². The maximum absolute atomic E-state index is 12.4. The van der Waals surface area contributed by atoms with E-state index in [1.165, 1.54) is 30.6 Å². The number of benzene rings is 3. The lowest BCUT2D eigenvalue weighted by molar-refractivity contribution is 0.0949. The van der Waals surface area contributed by atoms with Crippen molar-refractivity contribution < 1.29 is 19.4 Å². The second-order valence-corrected chi connectivity index (χ2v) is 8.24. The number of anilines is 2. The van der Waals surface area contributed by atoms with Crippen LogP contribution >= 0.6 is 11.6 Å². The SMILES string of the molecule is Cc1ccc(NC(=O)Nc2ccc(Oc3ccnc(C(=O)N/N=C/c4ccc(O)cc4)c3)cc2)cc1Cl. The number of aromatic hydroxyl groups is 1. The molecule has 186 valence electrons. The smallest absolute Gasteiger partial charge is 0.323 e. The number of phenols is 1. The Morgan fingerprint density at radius 1 is 0.919 bits per heavy atom. The van der Waals surface area contributed by atoms with Gasteiger partial charge in [0.25, 0.3) is 5.91 Å². The molecule has 0 atom stereocenters. The van der Waals surface area contributed by atoms with Crippen molar-refractivity contribution in [2.75, 3.05) is 10.6 Å². The van der Waals surface area contributed by atoms with Crippen LogP contribution in [0.5, 0.6) is 17.2 Å². The Bertz CT molecular complexity index is 1440. The van der Waals surface area contributed by atoms with Gasteiger partial charge in [-0.15, -0.1) is 0 Å². The average Bonchev–Trinajstić information content (AvgIpc) is 2.89. The Hall–Kier alpha value is -4.89. The third-order valence-corrected chi connectivity index (χ3v) is 5.42. The van der Waals surface area contributed by atoms with E-state index in [-0.39, 0.29) is 11.4 Å². The normalized spacial score (nSPS) is 10.6. The van der Waals surface area contributed by atoms with E-state index < -0.39 is 11.9 Å². The van der Waals surface area contributed by atoms with Gasteiger partial charge in [0.2, 0.25) is 0 Å². The zero-order chi connectivity index (χ0) is 26.2. The summed E-state index contributed by atoms with van der Waals surface area (Å²) in [7, 11) is 0. The molecule has 0 radical (unpaired) electrons. The van der Waals surface area contributed by atoms with Crippen LogP contribution in [0.3, 0.4) is 0 Å². The van der Waals surface area contributed by atoms with Gasteiger partial charge in [-0.05, 0) is 84.8 Å². The maximum Gasteiger partial charge on any atom is 0.323 e. The van der Waals surface area contributed by atoms with E-state index in [9.17, 15) is 14.7 Å². The molecule has 9 nitrogen and oxygen atoms in total. The van der Waals surface area contributed by atoms with E-state index >= 15 is 0 Å². The van der Waals surface area contributed by atoms with Crippen LogP contribution in [-0.2, 0) is 0 Å². The summed E-state index contributed by atoms with van der Waals surface area (Å²) in [5, 5.41) is 19.2. The van der Waals surface area contributed by atoms with Gasteiger partial charge in [-0.25, -0.2) is 10.2 Å². The van der Waals surface area contributed by atoms with Crippen molar-refractivity contribution in [3.63, 3.8) is 0 Å². The Morgan fingerprint density at radius 2 is 1.62 bits per heavy atom. The molecule has 0 aliphatic rings. The second-order valence-electron chi connectivity index (χ2n) is 7.84. The topological polar surface area (TPSA) is 125 Å². The summed E-state index contributed by atoms with van der Waals surface area (Å²) in [5.41, 5.74) is 5.28. The van der Waals surface area contributed by atoms with E-state index in [4.69, 9.17) is 16.3 Å². The van der Waals surface area contributed by atoms with Gasteiger partial charge in [-0.1, -0.05) is 17.7 Å². The molecule has 0 saturated heterocycles. The van der Waals surface area contributed by atoms with Crippen LogP contribution in [0.15, 0.2) is 90.2 Å². The molecule has 0 fully saturated rings. The van der Waals surface area contributed by atoms with E-state index in [1.807, 2.05) is 13.0 Å². The first-order chi connectivity index (χ1) is 17.9. The quantitative estimate of drug-likeness (QED) is 0.179. The first-order valence-corrected chi connectivity index (χ1v) is 11.4. The average molecular weight is 516 g/mol. The Kier molecular flexibility index (Phi) is 7.97. The fourth-order valence-corrected chi connectivity index (χ4v) is 3.27. The summed E-state index contributed by atoms with van der Waals surface area (Å²) < 4.78 is 5.81. The highest BCUT2D eigenvalue weighted by Crippen LogP contribution is 2.24. The molecule has 0 spiro atoms. The minimum atomic E-state index is -0.513. The largest absolute Gasteiger partial charge is 0.508 e. The second kappa shape index (κ2) is 11.7. The summed E-state index contributed by atoms with van der Waals surface area (Å²) in [6.07, 6.45) is 2.90. The highest BCUT2D eigenvalue weighted by molar-refractivity contribution is 6.31. The van der Waals surface area contributed by atoms with Gasteiger partial charge in [-0.3, -0.25) is 9.78 Å². The highest BCUT2D eigenvalue weighted by atomic mass is 35.5. The number of rotatable bonds is 7. The number of carbonyl (C=O) groups is 2. The molecule has 0 saturated carbocycles. The van der Waals surface area contributed by atoms with Crippen molar-refractivity contribution in [1.82, 2.24) is 10.4 Å². The van der Waals surface area contributed by atoms with Crippen molar-refractivity contribution in [2.45, 2.75) is 6.92 Å². The number of hydrogen-bond acceptors (Lipinski definition) is 6. The molecule has 37 heavy (non-hydrogen) atoms. The standard InChI is InChI=1S/C27H22ClN5O4/c1-17-2-5-20(14-24(17)28)32-27(36)31-19-6-10-22(11-7-19)37-23-12-13-29-25(15-23)26(35)33-30-16-18-3-8-21(34)9-4-18/h2-16,34H,1H3,(H,33,35)(H2,31,32,36)/b30-16+. The van der Waals surface area contributed by atoms with Crippen LogP contribution in [0, 0.1) is 6.92 Å². The van der Waals surface area contributed by atoms with Gasteiger partial charge >= 0.3 is 6.03 Å². The third kappa shape index (κ3) is 7.30. The lowest BCUT2D eigenvalue weighted by Gasteiger charge is -2.10. The van der Waals surface area contributed by atoms with Crippen LogP contribution in [0.25, 0.3) is 0 Å². The molecule has 0 bridgehead atoms. The highest BCUT2D eigenvalue weighted by Gasteiger charge is 2.09. The van der Waals surface area contributed by atoms with Crippen molar-refractivity contribution in [3.05, 3.63) is 107 Å². The molecular weight excluding hydrogens is 494 g/mol. The summed E-state index contributed by atoms with van der Waals surface area (Å²) >= 11 is 6.09. The van der Waals surface area contributed by atoms with Crippen LogP contribution in [0.4, 0.5) is 16.2 Å². The number of urea groups is 1. The molecule has 10 heteroatoms. The van der Waals surface area contributed by atoms with Gasteiger partial charge < -0.3 is 20.5 Å². The lowest BCUT2D eigenvalue weighted by atomic mass is 10.2. The van der Waals surface area contributed by atoms with Gasteiger partial charge in [-0.2, -0.15) is 5.10 Å². The summed E-state index contributed by atoms with van der Waals surface area (Å²) in [6, 6.07) is 21.0. The summed E-state index contributed by atoms with van der Waals surface area (Å²) in [4.78, 5) is 28.7. The van der Waals surface area contributed by atoms with E-state index in [0.29, 0.717) is 33.5 Å². The number of pyridine rings is 1. The zero-order valence-electron chi connectivity index (χ0n) is 19.6. The fraction of sp³-hybridized carbons (Fsp3) is 0.0370. The van der Waals surface area contributed by atoms with E-state index in [0.717, 1.165) is 5.56 Å². The molecule has 0 aliphatic heterocycles. The van der Waals surface area contributed by atoms with Crippen LogP contribution < -0.4 is 20.8 Å². The first-order valence-electron chi connectivity index (χ1n) is 11.1. The molecule has 3 aromatic carbocycles. The minimum Gasteiger partial charge on any atom is -0.508 e. The monoisotopic (exact) mass is 515 g/mol. The number of nitrogens with one attached hydrogen (secondary N) is 3. The molecule has 1 aromatic heterocycles. The van der Waals surface area contributed by atoms with Gasteiger partial charge in [0.1, 0.15) is 22.9 Å². The number of carbonyl (C=O) groups excluding carboxylic acids is 2. The minimum absolute atomic E-state index is 0.117. The molecular formula is C27H22ClN5O4. The first kappa shape index (κ1) is 25.2. The number of nitrogens with zero attached hydrogens (tertiary/aromatic N) is 2. The number of aromatic nitrogens is 1. The van der Waals surface area contributed by atoms with Crippen molar-refractivity contribution in [2.24, 2.45) is 5.10 Å². The van der Waals surface area contributed by atoms with Crippen molar-refractivity contribution in [3.8, 4) is 17.2 Å². The predicted octanol–water partition coefficient (Wildman–Crippen LogP) is 5.95. The molecule has 0 unspecified atom stereocenters. The number of hydrogen-bond donors (Lipinski definition) is 4. The van der Waals surface area contributed by atoms with Gasteiger partial charge in [0.15, 0.2) is 0 Å². The maximum atomic E-state index is 12.4. The number of aryl methyl sites for hydroxylation is 1. The number of phenolic OH excluding ortho intramolecular Hbond substituents is 1. The van der Waals surface area contributed by atoms with Crippen molar-refractivity contribution in [1.29, 1.82) is 0 Å². The number of halogens is 1. The van der Waals surface area contributed by atoms with Crippen molar-refractivity contribution >= 4 is 41.1 Å². The summed E-state index contributed by atoms with van der Waals surface area (Å²) in [6.45, 7) is 1.88. The van der Waals surface area contributed by atoms with Crippen LogP contribution in [0.2, 0.25) is 5.02 Å². The lowest BCUT2D eigenvalue weighted by Crippen LogP contribution is -2.19. The Labute approximate surface area is 217 Å². The Balaban J connectivity index is 1.31. The van der Waals surface area contributed by atoms with Gasteiger partial charge in [0.05, 0.1) is 6.21 Å². The molecule has 0 aliphatic carbocycles. The van der Waals surface area contributed by atoms with E-state index in [2.05, 4.69) is 26.1 Å². The number of amides is 3. The number of hydrazone groups is 1. The Morgan fingerprint density at radius 3 is 2.35 bits per heavy atom. The zero-order valence-corrected chi connectivity index (χ0v) is 20.4. The summed E-state index contributed by atoms with van der Waals surface area (Å²) in [5.74, 6) is 0.528. The molecule has 4 rings (SSSR count). The molecule has 1 heterocycles. The molecule has 4 N–H and O–H groups in total. The predicted molar refractivity (Wildman–Crippen MR) is 143 cm³/mol. The third-order valence-electron chi connectivity index (χ3n) is 5.01. The number of ether oxygens (including phenoxy) is 1. The van der Waals surface area contributed by atoms with Crippen LogP contribution in [-0.4, -0.2) is 28.2 Å². The van der Waals surface area contributed by atoms with Gasteiger partial charge in [0, 0.05) is 28.7 Å². The fourth-order valence-electron chi connectivity index (χ4n) is 3.09.